The van der Waals surface area contributed by atoms with Gasteiger partial charge in [0.2, 0.25) is 0 Å². The Morgan fingerprint density at radius 1 is 1.00 bits per heavy atom. The zero-order valence-electron chi connectivity index (χ0n) is 3.63. The van der Waals surface area contributed by atoms with E-state index in [1.807, 2.05) is 0 Å². The van der Waals surface area contributed by atoms with Crippen molar-refractivity contribution in [3.05, 3.63) is 0 Å². The SMILES string of the molecule is [Dy].[Er].[Eu].[Gd].[Ho].[Lu].[Pm].[Sm].[Tb].[Tm].[Yb]. The van der Waals surface area contributed by atoms with Crippen LogP contribution in [0, 0.1) is 443 Å². The monoisotopic (exact) mass is 1780 g/mol. The van der Waals surface area contributed by atoms with E-state index in [0.29, 0.717) is 0 Å². The van der Waals surface area contributed by atoms with Crippen LogP contribution < -0.4 is 0 Å². The molecule has 0 bridgehead atoms. The molecule has 0 aromatic rings. The van der Waals surface area contributed by atoms with E-state index in [9.17, 15) is 0 Å². The molecule has 11 heavy (non-hydrogen) atoms. The minimum Gasteiger partial charge on any atom is 0 e. The van der Waals surface area contributed by atoms with Gasteiger partial charge in [0, 0.05) is 443 Å². The predicted octanol–water partition coefficient (Wildman–Crippen LogP) is 0. The summed E-state index contributed by atoms with van der Waals surface area (Å²) in [6.45, 7) is 0. The topological polar surface area (TPSA) is 0 Å². The third-order valence-electron chi connectivity index (χ3n) is 0. The van der Waals surface area contributed by atoms with Gasteiger partial charge in [-0.1, -0.05) is 0 Å². The van der Waals surface area contributed by atoms with E-state index in [-0.39, 0.29) is 443 Å². The second-order valence-electron chi connectivity index (χ2n) is 0. The van der Waals surface area contributed by atoms with Crippen LogP contribution in [0.4, 0.5) is 0 Å². The van der Waals surface area contributed by atoms with Gasteiger partial charge in [-0.05, 0) is 0 Å². The van der Waals surface area contributed by atoms with Crippen LogP contribution in [0.15, 0.2) is 0 Å². The number of hydrogen-bond acceptors (Lipinski definition) is 0. The van der Waals surface area contributed by atoms with Crippen LogP contribution >= 0.6 is 0 Å². The van der Waals surface area contributed by atoms with E-state index < -0.39 is 0 Å². The third kappa shape index (κ3) is 58.9. The smallest absolute Gasteiger partial charge is 0 e. The Kier molecular flexibility index (Phi) is 424. The number of hydrogen-bond donors (Lipinski definition) is 0. The average Bonchev–Trinajstić information content (AvgIpc) is 0. The molecule has 0 aliphatic heterocycles. The fourth-order valence-electron chi connectivity index (χ4n) is 0. The molecule has 0 fully saturated rings. The van der Waals surface area contributed by atoms with Gasteiger partial charge in [-0.3, -0.25) is 0 Å². The second kappa shape index (κ2) is 64.2. The Labute approximate surface area is 424 Å². The van der Waals surface area contributed by atoms with E-state index in [1.54, 1.807) is 0 Å². The van der Waals surface area contributed by atoms with Gasteiger partial charge in [0.15, 0.2) is 0 Å². The molecule has 6 radical (unpaired) electrons. The summed E-state index contributed by atoms with van der Waals surface area (Å²) in [5.74, 6) is 0. The largest absolute Gasteiger partial charge is 0 e. The summed E-state index contributed by atoms with van der Waals surface area (Å²) in [6, 6.07) is 0. The summed E-state index contributed by atoms with van der Waals surface area (Å²) >= 11 is 0. The summed E-state index contributed by atoms with van der Waals surface area (Å²) in [6.07, 6.45) is 0. The van der Waals surface area contributed by atoms with Crippen molar-refractivity contribution in [3.63, 3.8) is 0 Å². The summed E-state index contributed by atoms with van der Waals surface area (Å²) in [5, 5.41) is 0. The molecule has 0 saturated heterocycles. The van der Waals surface area contributed by atoms with E-state index in [4.69, 9.17) is 0 Å². The molecule has 0 spiro atoms. The van der Waals surface area contributed by atoms with Crippen LogP contribution in [0.2, 0.25) is 0 Å². The molecule has 0 aromatic heterocycles. The van der Waals surface area contributed by atoms with Crippen LogP contribution in [0.1, 0.15) is 0 Å². The molecule has 0 heterocycles. The normalized spacial score (nSPS) is 0. The molecular formula is DyErEuGdHoLuPmSmTbTmYb. The first kappa shape index (κ1) is 72.6. The van der Waals surface area contributed by atoms with Crippen LogP contribution in [0.5, 0.6) is 0 Å². The van der Waals surface area contributed by atoms with Crippen LogP contribution in [0.25, 0.3) is 0 Å². The van der Waals surface area contributed by atoms with Gasteiger partial charge in [0.25, 0.3) is 0 Å². The van der Waals surface area contributed by atoms with Crippen molar-refractivity contribution >= 4 is 0 Å². The van der Waals surface area contributed by atoms with Gasteiger partial charge in [-0.25, -0.2) is 0 Å². The standard InChI is InChI=1S/Dy.Er.Eu.Gd.Ho.Lu.Pm.Sm.Tb.Tm.Yb. The predicted molar refractivity (Wildman–Crippen MR) is 0 cm³/mol. The van der Waals surface area contributed by atoms with Crippen molar-refractivity contribution in [2.24, 2.45) is 0 Å². The first-order valence-electron chi connectivity index (χ1n) is 0. The molecule has 11 heteroatoms. The van der Waals surface area contributed by atoms with Gasteiger partial charge in [-0.2, -0.15) is 0 Å². The summed E-state index contributed by atoms with van der Waals surface area (Å²) in [4.78, 5) is 0. The molecule has 0 N–H and O–H groups in total. The van der Waals surface area contributed by atoms with Crippen molar-refractivity contribution in [2.45, 2.75) is 0 Å². The van der Waals surface area contributed by atoms with Gasteiger partial charge < -0.3 is 0 Å². The molecule has 0 unspecified atom stereocenters. The minimum absolute atomic E-state index is 0. The third-order valence-corrected chi connectivity index (χ3v) is 0. The number of rotatable bonds is 0. The molecule has 0 nitrogen and oxygen atoms in total. The Balaban J connectivity index is 0. The van der Waals surface area contributed by atoms with Gasteiger partial charge in [0.1, 0.15) is 0 Å². The molecule has 0 rings (SSSR count). The van der Waals surface area contributed by atoms with Crippen LogP contribution in [0.3, 0.4) is 0 Å². The fourth-order valence-corrected chi connectivity index (χ4v) is 0. The second-order valence-corrected chi connectivity index (χ2v) is 0. The Hall–Kier alpha value is 14.6. The van der Waals surface area contributed by atoms with Crippen LogP contribution in [-0.4, -0.2) is 0 Å². The Bertz CT molecular complexity index is 38.1. The maximum Gasteiger partial charge on any atom is 0 e. The van der Waals surface area contributed by atoms with E-state index in [0.717, 1.165) is 0 Å². The zero-order chi connectivity index (χ0) is 0. The maximum atomic E-state index is 0. The summed E-state index contributed by atoms with van der Waals surface area (Å²) in [7, 11) is 0. The van der Waals surface area contributed by atoms with E-state index >= 15 is 0 Å². The Morgan fingerprint density at radius 3 is 1.00 bits per heavy atom. The molecule has 0 aliphatic carbocycles. The van der Waals surface area contributed by atoms with Crippen molar-refractivity contribution < 1.29 is 443 Å². The minimum atomic E-state index is 0. The van der Waals surface area contributed by atoms with E-state index in [2.05, 4.69) is 0 Å². The summed E-state index contributed by atoms with van der Waals surface area (Å²) < 4.78 is 0. The quantitative estimate of drug-likeness (QED) is 0.301. The zero-order valence-corrected chi connectivity index (χ0v) is 26.9. The van der Waals surface area contributed by atoms with Crippen molar-refractivity contribution in [1.82, 2.24) is 0 Å². The van der Waals surface area contributed by atoms with Gasteiger partial charge in [-0.15, -0.1) is 0 Å². The van der Waals surface area contributed by atoms with E-state index in [1.165, 1.54) is 0 Å². The van der Waals surface area contributed by atoms with Crippen molar-refractivity contribution in [1.29, 1.82) is 0 Å². The fraction of sp³-hybridized carbons (Fsp3) is 0. The van der Waals surface area contributed by atoms with Crippen molar-refractivity contribution in [3.8, 4) is 0 Å². The molecule has 110 valence electrons. The molecule has 0 aliphatic rings. The van der Waals surface area contributed by atoms with Gasteiger partial charge in [0.05, 0.1) is 0 Å². The molecule has 0 saturated carbocycles. The van der Waals surface area contributed by atoms with Crippen molar-refractivity contribution in [2.75, 3.05) is 0 Å². The van der Waals surface area contributed by atoms with Gasteiger partial charge >= 0.3 is 0 Å². The molecular weight excluding hydrogens is 1780 g/mol. The maximum absolute atomic E-state index is 0. The van der Waals surface area contributed by atoms with Crippen LogP contribution in [-0.2, 0) is 0 Å². The molecule has 0 amide bonds. The first-order chi connectivity index (χ1) is 0. The summed E-state index contributed by atoms with van der Waals surface area (Å²) in [5.41, 5.74) is 0. The average molecular weight is 1780 g/mol. The first-order valence-corrected chi connectivity index (χ1v) is 0. The molecule has 0 aromatic carbocycles. The molecule has 0 atom stereocenters. The Morgan fingerprint density at radius 2 is 1.00 bits per heavy atom.